The van der Waals surface area contributed by atoms with Crippen molar-refractivity contribution in [1.82, 2.24) is 20.0 Å². The van der Waals surface area contributed by atoms with E-state index in [9.17, 15) is 8.42 Å². The topological polar surface area (TPSA) is 143 Å². The lowest BCUT2D eigenvalue weighted by Gasteiger charge is -2.07. The Morgan fingerprint density at radius 3 is 2.89 bits per heavy atom. The fraction of sp³-hybridized carbons (Fsp3) is 0.125. The van der Waals surface area contributed by atoms with Gasteiger partial charge in [0.15, 0.2) is 5.03 Å². The number of hydrogen-bond donors (Lipinski definition) is 4. The molecule has 0 saturated heterocycles. The molecule has 0 unspecified atom stereocenters. The standard InChI is InChI=1S/C8H11N7O2S/c1-15-6(2-3-12-15)18(16,17)14-8-5(7(9)10)4-11-13-8/h2-4H,1H3,(H3,9,10)(H2,11,13,14). The monoisotopic (exact) mass is 269 g/mol. The molecule has 2 rings (SSSR count). The van der Waals surface area contributed by atoms with E-state index in [1.807, 2.05) is 0 Å². The van der Waals surface area contributed by atoms with Crippen LogP contribution in [0.3, 0.4) is 0 Å². The van der Waals surface area contributed by atoms with Gasteiger partial charge >= 0.3 is 0 Å². The number of hydrogen-bond acceptors (Lipinski definition) is 5. The van der Waals surface area contributed by atoms with E-state index in [2.05, 4.69) is 20.0 Å². The van der Waals surface area contributed by atoms with E-state index < -0.39 is 10.0 Å². The summed E-state index contributed by atoms with van der Waals surface area (Å²) in [6.07, 6.45) is 2.64. The summed E-state index contributed by atoms with van der Waals surface area (Å²) in [5, 5.41) is 17.1. The fourth-order valence-corrected chi connectivity index (χ4v) is 2.54. The van der Waals surface area contributed by atoms with Crippen molar-refractivity contribution in [2.24, 2.45) is 12.8 Å². The van der Waals surface area contributed by atoms with Crippen molar-refractivity contribution in [2.75, 3.05) is 4.72 Å². The molecule has 0 aliphatic rings. The fourth-order valence-electron chi connectivity index (χ4n) is 1.38. The Labute approximate surface area is 103 Å². The molecule has 0 aliphatic carbocycles. The van der Waals surface area contributed by atoms with E-state index in [1.54, 1.807) is 0 Å². The van der Waals surface area contributed by atoms with Gasteiger partial charge in [-0.3, -0.25) is 19.9 Å². The van der Waals surface area contributed by atoms with Crippen LogP contribution in [0.2, 0.25) is 0 Å². The van der Waals surface area contributed by atoms with Crippen molar-refractivity contribution in [2.45, 2.75) is 5.03 Å². The summed E-state index contributed by atoms with van der Waals surface area (Å²) in [6, 6.07) is 1.35. The van der Waals surface area contributed by atoms with Crippen LogP contribution in [0.25, 0.3) is 0 Å². The number of aromatic nitrogens is 4. The first-order valence-corrected chi connectivity index (χ1v) is 6.28. The molecule has 0 spiro atoms. The highest BCUT2D eigenvalue weighted by Crippen LogP contribution is 2.16. The first-order chi connectivity index (χ1) is 8.42. The smallest absolute Gasteiger partial charge is 0.280 e. The minimum atomic E-state index is -3.80. The zero-order valence-corrected chi connectivity index (χ0v) is 10.2. The molecule has 0 aromatic carbocycles. The molecular formula is C8H11N7O2S. The van der Waals surface area contributed by atoms with Crippen molar-refractivity contribution >= 4 is 21.7 Å². The SMILES string of the molecule is Cn1nccc1S(=O)(=O)Nc1[nH]ncc1C(=N)N. The minimum absolute atomic E-state index is 0.00778. The summed E-state index contributed by atoms with van der Waals surface area (Å²) >= 11 is 0. The summed E-state index contributed by atoms with van der Waals surface area (Å²) in [5.41, 5.74) is 5.48. The number of sulfonamides is 1. The van der Waals surface area contributed by atoms with Gasteiger partial charge in [-0.1, -0.05) is 0 Å². The molecule has 0 amide bonds. The number of nitrogens with zero attached hydrogens (tertiary/aromatic N) is 3. The molecule has 2 aromatic heterocycles. The lowest BCUT2D eigenvalue weighted by molar-refractivity contribution is 0.582. The molecule has 0 fully saturated rings. The highest BCUT2D eigenvalue weighted by Gasteiger charge is 2.21. The molecule has 5 N–H and O–H groups in total. The van der Waals surface area contributed by atoms with E-state index in [4.69, 9.17) is 11.1 Å². The molecule has 0 bridgehead atoms. The normalized spacial score (nSPS) is 11.4. The molecule has 10 heteroatoms. The quantitative estimate of drug-likeness (QED) is 0.425. The zero-order valence-electron chi connectivity index (χ0n) is 9.38. The van der Waals surface area contributed by atoms with E-state index in [0.29, 0.717) is 0 Å². The number of H-pyrrole nitrogens is 1. The number of aromatic amines is 1. The Kier molecular flexibility index (Phi) is 2.79. The number of nitrogens with one attached hydrogen (secondary N) is 3. The van der Waals surface area contributed by atoms with Crippen molar-refractivity contribution in [3.63, 3.8) is 0 Å². The summed E-state index contributed by atoms with van der Waals surface area (Å²) in [6.45, 7) is 0. The molecule has 2 heterocycles. The summed E-state index contributed by atoms with van der Waals surface area (Å²) < 4.78 is 27.5. The van der Waals surface area contributed by atoms with Crippen LogP contribution in [-0.2, 0) is 17.1 Å². The average Bonchev–Trinajstić information content (AvgIpc) is 2.86. The van der Waals surface area contributed by atoms with Crippen LogP contribution in [0, 0.1) is 5.41 Å². The first kappa shape index (κ1) is 12.1. The van der Waals surface area contributed by atoms with Gasteiger partial charge in [0.25, 0.3) is 10.0 Å². The second-order valence-corrected chi connectivity index (χ2v) is 5.10. The molecule has 0 radical (unpaired) electrons. The van der Waals surface area contributed by atoms with Crippen LogP contribution in [0.4, 0.5) is 5.82 Å². The zero-order chi connectivity index (χ0) is 13.3. The Morgan fingerprint density at radius 1 is 1.61 bits per heavy atom. The third kappa shape index (κ3) is 2.05. The van der Waals surface area contributed by atoms with Gasteiger partial charge in [0.05, 0.1) is 18.0 Å². The maximum Gasteiger partial charge on any atom is 0.280 e. The molecule has 0 aliphatic heterocycles. The predicted molar refractivity (Wildman–Crippen MR) is 63.6 cm³/mol. The maximum absolute atomic E-state index is 12.0. The third-order valence-electron chi connectivity index (χ3n) is 2.22. The van der Waals surface area contributed by atoms with Gasteiger partial charge in [-0.25, -0.2) is 0 Å². The van der Waals surface area contributed by atoms with Crippen LogP contribution in [0.15, 0.2) is 23.5 Å². The van der Waals surface area contributed by atoms with E-state index in [0.717, 1.165) is 0 Å². The number of rotatable bonds is 4. The van der Waals surface area contributed by atoms with Crippen molar-refractivity contribution in [3.8, 4) is 0 Å². The Balaban J connectivity index is 2.37. The van der Waals surface area contributed by atoms with Gasteiger partial charge in [-0.05, 0) is 6.07 Å². The van der Waals surface area contributed by atoms with Gasteiger partial charge in [-0.15, -0.1) is 0 Å². The predicted octanol–water partition coefficient (Wildman–Crippen LogP) is -0.772. The van der Waals surface area contributed by atoms with Crippen LogP contribution in [0.1, 0.15) is 5.56 Å². The molecule has 0 atom stereocenters. The van der Waals surface area contributed by atoms with Gasteiger partial charge in [0, 0.05) is 7.05 Å². The molecular weight excluding hydrogens is 258 g/mol. The largest absolute Gasteiger partial charge is 0.384 e. The third-order valence-corrected chi connectivity index (χ3v) is 3.64. The van der Waals surface area contributed by atoms with Gasteiger partial charge in [0.2, 0.25) is 0 Å². The van der Waals surface area contributed by atoms with Crippen LogP contribution >= 0.6 is 0 Å². The van der Waals surface area contributed by atoms with Crippen LogP contribution in [-0.4, -0.2) is 34.2 Å². The lowest BCUT2D eigenvalue weighted by atomic mass is 10.3. The van der Waals surface area contributed by atoms with Crippen molar-refractivity contribution in [1.29, 1.82) is 5.41 Å². The van der Waals surface area contributed by atoms with E-state index in [-0.39, 0.29) is 22.2 Å². The number of amidine groups is 1. The Hall–Kier alpha value is -2.36. The second-order valence-electron chi connectivity index (χ2n) is 3.47. The molecule has 0 saturated carbocycles. The van der Waals surface area contributed by atoms with E-state index >= 15 is 0 Å². The summed E-state index contributed by atoms with van der Waals surface area (Å²) in [4.78, 5) is 0. The van der Waals surface area contributed by atoms with Gasteiger partial charge in [0.1, 0.15) is 11.7 Å². The lowest BCUT2D eigenvalue weighted by Crippen LogP contribution is -2.20. The molecule has 96 valence electrons. The summed E-state index contributed by atoms with van der Waals surface area (Å²) in [7, 11) is -2.29. The Bertz CT molecular complexity index is 684. The molecule has 2 aromatic rings. The highest BCUT2D eigenvalue weighted by atomic mass is 32.2. The highest BCUT2D eigenvalue weighted by molar-refractivity contribution is 7.92. The minimum Gasteiger partial charge on any atom is -0.384 e. The second kappa shape index (κ2) is 4.14. The maximum atomic E-state index is 12.0. The number of anilines is 1. The Morgan fingerprint density at radius 2 is 2.33 bits per heavy atom. The number of aryl methyl sites for hydroxylation is 1. The van der Waals surface area contributed by atoms with E-state index in [1.165, 1.54) is 30.2 Å². The first-order valence-electron chi connectivity index (χ1n) is 4.80. The van der Waals surface area contributed by atoms with Crippen molar-refractivity contribution in [3.05, 3.63) is 24.0 Å². The number of nitrogen functional groups attached to an aromatic ring is 1. The van der Waals surface area contributed by atoms with Crippen LogP contribution < -0.4 is 10.5 Å². The van der Waals surface area contributed by atoms with Crippen LogP contribution in [0.5, 0.6) is 0 Å². The molecule has 18 heavy (non-hydrogen) atoms. The molecule has 9 nitrogen and oxygen atoms in total. The van der Waals surface area contributed by atoms with Gasteiger partial charge < -0.3 is 5.73 Å². The summed E-state index contributed by atoms with van der Waals surface area (Å²) in [5.74, 6) is -0.241. The van der Waals surface area contributed by atoms with Gasteiger partial charge in [-0.2, -0.15) is 18.6 Å². The number of nitrogens with two attached hydrogens (primary N) is 1. The average molecular weight is 269 g/mol. The van der Waals surface area contributed by atoms with Crippen molar-refractivity contribution < 1.29 is 8.42 Å².